The number of carbonyl (C=O) groups excluding carboxylic acids is 1. The lowest BCUT2D eigenvalue weighted by molar-refractivity contribution is 0.102. The standard InChI is InChI=1S/C16H18N6OS/c1-10-13(8-22(20-10)12-4-3-5-12)18-15(23)14-9-24-16(19-14)11-6-17-21(2)7-11/h6-9,12H,3-5H2,1-2H3,(H,18,23). The van der Waals surface area contributed by atoms with Gasteiger partial charge in [-0.2, -0.15) is 10.2 Å². The summed E-state index contributed by atoms with van der Waals surface area (Å²) in [5.41, 5.74) is 2.91. The molecule has 1 aliphatic rings. The van der Waals surface area contributed by atoms with Gasteiger partial charge >= 0.3 is 0 Å². The predicted molar refractivity (Wildman–Crippen MR) is 92.1 cm³/mol. The van der Waals surface area contributed by atoms with Crippen molar-refractivity contribution in [3.63, 3.8) is 0 Å². The molecule has 1 N–H and O–H groups in total. The van der Waals surface area contributed by atoms with Crippen molar-refractivity contribution in [1.82, 2.24) is 24.5 Å². The SMILES string of the molecule is Cc1nn(C2CCC2)cc1NC(=O)c1csc(-c2cnn(C)c2)n1. The molecule has 1 saturated carbocycles. The maximum absolute atomic E-state index is 12.5. The number of nitrogens with one attached hydrogen (secondary N) is 1. The highest BCUT2D eigenvalue weighted by molar-refractivity contribution is 7.13. The first-order valence-corrected chi connectivity index (χ1v) is 8.80. The van der Waals surface area contributed by atoms with Crippen LogP contribution in [0.15, 0.2) is 24.0 Å². The molecule has 0 radical (unpaired) electrons. The maximum Gasteiger partial charge on any atom is 0.275 e. The molecule has 0 aliphatic heterocycles. The van der Waals surface area contributed by atoms with E-state index >= 15 is 0 Å². The molecule has 0 aromatic carbocycles. The van der Waals surface area contributed by atoms with Crippen LogP contribution in [0.2, 0.25) is 0 Å². The number of thiazole rings is 1. The Balaban J connectivity index is 1.50. The van der Waals surface area contributed by atoms with E-state index in [0.29, 0.717) is 11.7 Å². The Morgan fingerprint density at radius 3 is 2.88 bits per heavy atom. The summed E-state index contributed by atoms with van der Waals surface area (Å²) in [4.78, 5) is 16.9. The zero-order valence-corrected chi connectivity index (χ0v) is 14.4. The Morgan fingerprint density at radius 1 is 1.38 bits per heavy atom. The molecule has 3 aromatic rings. The Bertz CT molecular complexity index is 888. The molecule has 8 heteroatoms. The average Bonchev–Trinajstić information content (AvgIpc) is 3.18. The van der Waals surface area contributed by atoms with E-state index in [2.05, 4.69) is 20.5 Å². The van der Waals surface area contributed by atoms with E-state index in [0.717, 1.165) is 34.8 Å². The summed E-state index contributed by atoms with van der Waals surface area (Å²) >= 11 is 1.44. The van der Waals surface area contributed by atoms with Crippen LogP contribution in [0.25, 0.3) is 10.6 Å². The highest BCUT2D eigenvalue weighted by Gasteiger charge is 2.22. The van der Waals surface area contributed by atoms with E-state index in [1.54, 1.807) is 16.3 Å². The summed E-state index contributed by atoms with van der Waals surface area (Å²) in [6.45, 7) is 1.91. The van der Waals surface area contributed by atoms with E-state index in [1.165, 1.54) is 17.8 Å². The van der Waals surface area contributed by atoms with Crippen LogP contribution < -0.4 is 5.32 Å². The van der Waals surface area contributed by atoms with Gasteiger partial charge in [0.15, 0.2) is 0 Å². The number of rotatable bonds is 4. The molecule has 1 fully saturated rings. The van der Waals surface area contributed by atoms with Crippen LogP contribution in [0.1, 0.15) is 41.5 Å². The van der Waals surface area contributed by atoms with Crippen LogP contribution in [0.4, 0.5) is 5.69 Å². The molecule has 0 saturated heterocycles. The molecule has 124 valence electrons. The van der Waals surface area contributed by atoms with Crippen molar-refractivity contribution in [2.24, 2.45) is 7.05 Å². The van der Waals surface area contributed by atoms with Gasteiger partial charge < -0.3 is 5.32 Å². The fourth-order valence-corrected chi connectivity index (χ4v) is 3.45. The summed E-state index contributed by atoms with van der Waals surface area (Å²) in [7, 11) is 1.85. The van der Waals surface area contributed by atoms with E-state index < -0.39 is 0 Å². The molecule has 7 nitrogen and oxygen atoms in total. The van der Waals surface area contributed by atoms with E-state index in [1.807, 2.05) is 31.0 Å². The van der Waals surface area contributed by atoms with Crippen molar-refractivity contribution in [2.45, 2.75) is 32.2 Å². The molecule has 24 heavy (non-hydrogen) atoms. The third-order valence-electron chi connectivity index (χ3n) is 4.30. The second kappa shape index (κ2) is 5.86. The summed E-state index contributed by atoms with van der Waals surface area (Å²) in [5.74, 6) is -0.211. The van der Waals surface area contributed by atoms with Gasteiger partial charge in [0.05, 0.1) is 23.6 Å². The van der Waals surface area contributed by atoms with Gasteiger partial charge in [0.2, 0.25) is 0 Å². The van der Waals surface area contributed by atoms with E-state index in [4.69, 9.17) is 0 Å². The van der Waals surface area contributed by atoms with Crippen LogP contribution in [0.5, 0.6) is 0 Å². The van der Waals surface area contributed by atoms with Crippen molar-refractivity contribution in [3.8, 4) is 10.6 Å². The summed E-state index contributed by atoms with van der Waals surface area (Å²) in [6, 6.07) is 0.478. The predicted octanol–water partition coefficient (Wildman–Crippen LogP) is 3.03. The molecule has 0 bridgehead atoms. The number of aryl methyl sites for hydroxylation is 2. The lowest BCUT2D eigenvalue weighted by atomic mass is 9.93. The zero-order chi connectivity index (χ0) is 16.7. The number of nitrogens with zero attached hydrogens (tertiary/aromatic N) is 5. The molecule has 0 spiro atoms. The van der Waals surface area contributed by atoms with Crippen molar-refractivity contribution in [2.75, 3.05) is 5.32 Å². The van der Waals surface area contributed by atoms with E-state index in [9.17, 15) is 4.79 Å². The lowest BCUT2D eigenvalue weighted by Gasteiger charge is -2.25. The van der Waals surface area contributed by atoms with Gasteiger partial charge in [-0.1, -0.05) is 0 Å². The van der Waals surface area contributed by atoms with Crippen LogP contribution >= 0.6 is 11.3 Å². The van der Waals surface area contributed by atoms with Crippen molar-refractivity contribution in [3.05, 3.63) is 35.4 Å². The fraction of sp³-hybridized carbons (Fsp3) is 0.375. The van der Waals surface area contributed by atoms with Gasteiger partial charge in [-0.05, 0) is 26.2 Å². The van der Waals surface area contributed by atoms with E-state index in [-0.39, 0.29) is 5.91 Å². The first-order chi connectivity index (χ1) is 11.6. The monoisotopic (exact) mass is 342 g/mol. The Labute approximate surface area is 143 Å². The molecule has 0 atom stereocenters. The molecule has 3 aromatic heterocycles. The first kappa shape index (κ1) is 15.1. The molecule has 1 amide bonds. The summed E-state index contributed by atoms with van der Waals surface area (Å²) in [5, 5.41) is 14.1. The van der Waals surface area contributed by atoms with Crippen LogP contribution in [-0.4, -0.2) is 30.5 Å². The molecule has 3 heterocycles. The number of aromatic nitrogens is 5. The second-order valence-corrected chi connectivity index (χ2v) is 6.95. The third kappa shape index (κ3) is 2.73. The number of anilines is 1. The molecule has 4 rings (SSSR count). The minimum atomic E-state index is -0.211. The van der Waals surface area contributed by atoms with Gasteiger partial charge in [-0.15, -0.1) is 11.3 Å². The number of carbonyl (C=O) groups is 1. The highest BCUT2D eigenvalue weighted by atomic mass is 32.1. The number of hydrogen-bond donors (Lipinski definition) is 1. The molecular weight excluding hydrogens is 324 g/mol. The normalized spacial score (nSPS) is 14.6. The van der Waals surface area contributed by atoms with Gasteiger partial charge in [-0.25, -0.2) is 4.98 Å². The van der Waals surface area contributed by atoms with Crippen molar-refractivity contribution >= 4 is 22.9 Å². The topological polar surface area (TPSA) is 77.6 Å². The lowest BCUT2D eigenvalue weighted by Crippen LogP contribution is -2.17. The fourth-order valence-electron chi connectivity index (χ4n) is 2.67. The highest BCUT2D eigenvalue weighted by Crippen LogP contribution is 2.32. The first-order valence-electron chi connectivity index (χ1n) is 7.92. The molecule has 1 aliphatic carbocycles. The van der Waals surface area contributed by atoms with Crippen molar-refractivity contribution in [1.29, 1.82) is 0 Å². The maximum atomic E-state index is 12.5. The minimum absolute atomic E-state index is 0.211. The Kier molecular flexibility index (Phi) is 3.68. The average molecular weight is 342 g/mol. The smallest absolute Gasteiger partial charge is 0.275 e. The largest absolute Gasteiger partial charge is 0.318 e. The summed E-state index contributed by atoms with van der Waals surface area (Å²) in [6.07, 6.45) is 9.12. The Morgan fingerprint density at radius 2 is 2.21 bits per heavy atom. The quantitative estimate of drug-likeness (QED) is 0.790. The summed E-state index contributed by atoms with van der Waals surface area (Å²) < 4.78 is 3.69. The van der Waals surface area contributed by atoms with Crippen LogP contribution in [-0.2, 0) is 7.05 Å². The van der Waals surface area contributed by atoms with Gasteiger partial charge in [0, 0.05) is 30.4 Å². The van der Waals surface area contributed by atoms with Gasteiger partial charge in [0.1, 0.15) is 10.7 Å². The Hall–Kier alpha value is -2.48. The van der Waals surface area contributed by atoms with Gasteiger partial charge in [0.25, 0.3) is 5.91 Å². The number of amides is 1. The molecular formula is C16H18N6OS. The number of hydrogen-bond acceptors (Lipinski definition) is 5. The minimum Gasteiger partial charge on any atom is -0.318 e. The van der Waals surface area contributed by atoms with Crippen molar-refractivity contribution < 1.29 is 4.79 Å². The third-order valence-corrected chi connectivity index (χ3v) is 5.19. The van der Waals surface area contributed by atoms with Crippen LogP contribution in [0.3, 0.4) is 0 Å². The zero-order valence-electron chi connectivity index (χ0n) is 13.6. The van der Waals surface area contributed by atoms with Crippen LogP contribution in [0, 0.1) is 6.92 Å². The second-order valence-electron chi connectivity index (χ2n) is 6.09. The van der Waals surface area contributed by atoms with Gasteiger partial charge in [-0.3, -0.25) is 14.2 Å². The molecule has 0 unspecified atom stereocenters.